The molecule has 1 aromatic rings. The maximum atomic E-state index is 11.8. The quantitative estimate of drug-likeness (QED) is 0.767. The fourth-order valence-corrected chi connectivity index (χ4v) is 3.62. The number of hydrogen-bond donors (Lipinski definition) is 1. The third kappa shape index (κ3) is 7.05. The lowest BCUT2D eigenvalue weighted by atomic mass is 10.1. The molecule has 0 amide bonds. The average molecular weight is 405 g/mol. The zero-order chi connectivity index (χ0) is 15.7. The molecule has 0 radical (unpaired) electrons. The van der Waals surface area contributed by atoms with E-state index in [1.165, 1.54) is 11.3 Å². The van der Waals surface area contributed by atoms with Gasteiger partial charge in [-0.1, -0.05) is 18.5 Å². The Hall–Kier alpha value is -0.940. The molecule has 0 aromatic carbocycles. The van der Waals surface area contributed by atoms with E-state index in [4.69, 9.17) is 11.6 Å². The predicted octanol–water partition coefficient (Wildman–Crippen LogP) is 2.96. The van der Waals surface area contributed by atoms with Gasteiger partial charge in [0.15, 0.2) is 0 Å². The zero-order valence-corrected chi connectivity index (χ0v) is 15.0. The van der Waals surface area contributed by atoms with E-state index in [9.17, 15) is 8.42 Å². The summed E-state index contributed by atoms with van der Waals surface area (Å²) in [6.07, 6.45) is 1.17. The fraction of sp³-hybridized carbons (Fsp3) is 0.286. The first-order chi connectivity index (χ1) is 9.98. The minimum Gasteiger partial charge on any atom is -0.201 e. The molecule has 1 rings (SSSR count). The van der Waals surface area contributed by atoms with Crippen molar-refractivity contribution in [2.75, 3.05) is 0 Å². The van der Waals surface area contributed by atoms with Crippen LogP contribution in [0.15, 0.2) is 11.4 Å². The lowest BCUT2D eigenvalue weighted by Gasteiger charge is -2.13. The Morgan fingerprint density at radius 1 is 1.38 bits per heavy atom. The summed E-state index contributed by atoms with van der Waals surface area (Å²) in [6, 6.07) is 1.54. The third-order valence-corrected chi connectivity index (χ3v) is 4.98. The summed E-state index contributed by atoms with van der Waals surface area (Å²) in [5.41, 5.74) is 0. The van der Waals surface area contributed by atoms with Gasteiger partial charge in [-0.3, -0.25) is 0 Å². The average Bonchev–Trinajstić information content (AvgIpc) is 2.83. The van der Waals surface area contributed by atoms with Crippen molar-refractivity contribution in [3.05, 3.63) is 21.3 Å². The Morgan fingerprint density at radius 2 is 2.10 bits per heavy atom. The fourth-order valence-electron chi connectivity index (χ4n) is 1.39. The Morgan fingerprint density at radius 3 is 2.67 bits per heavy atom. The summed E-state index contributed by atoms with van der Waals surface area (Å²) in [6.45, 7) is 1.90. The molecule has 7 heteroatoms. The molecule has 110 valence electrons. The Balaban J connectivity index is 2.73. The molecule has 0 aliphatic heterocycles. The monoisotopic (exact) mass is 403 g/mol. The van der Waals surface area contributed by atoms with E-state index in [1.807, 2.05) is 12.3 Å². The Labute approximate surface area is 142 Å². The Kier molecular flexibility index (Phi) is 7.89. The van der Waals surface area contributed by atoms with Crippen LogP contribution < -0.4 is 4.72 Å². The highest BCUT2D eigenvalue weighted by molar-refractivity contribution is 9.12. The highest BCUT2D eigenvalue weighted by Crippen LogP contribution is 2.24. The molecule has 0 saturated carbocycles. The lowest BCUT2D eigenvalue weighted by Crippen LogP contribution is -2.34. The molecule has 21 heavy (non-hydrogen) atoms. The molecule has 0 aliphatic rings. The van der Waals surface area contributed by atoms with Crippen LogP contribution in [0.25, 0.3) is 0 Å². The number of halogens is 2. The van der Waals surface area contributed by atoms with Crippen molar-refractivity contribution in [3.63, 3.8) is 0 Å². The molecule has 0 fully saturated rings. The van der Waals surface area contributed by atoms with Crippen molar-refractivity contribution in [1.82, 2.24) is 4.72 Å². The molecule has 0 spiro atoms. The molecular weight excluding hydrogens is 394 g/mol. The lowest BCUT2D eigenvalue weighted by molar-refractivity contribution is 0.547. The van der Waals surface area contributed by atoms with Crippen LogP contribution in [-0.4, -0.2) is 14.5 Å². The second-order valence-corrected chi connectivity index (χ2v) is 7.07. The van der Waals surface area contributed by atoms with Crippen LogP contribution in [0, 0.1) is 33.8 Å². The van der Waals surface area contributed by atoms with Crippen LogP contribution in [0.1, 0.15) is 18.2 Å². The molecule has 1 heterocycles. The molecule has 0 aliphatic carbocycles. The maximum absolute atomic E-state index is 11.8. The van der Waals surface area contributed by atoms with E-state index >= 15 is 0 Å². The summed E-state index contributed by atoms with van der Waals surface area (Å²) < 4.78 is 26.2. The highest BCUT2D eigenvalue weighted by Gasteiger charge is 2.16. The summed E-state index contributed by atoms with van der Waals surface area (Å²) >= 11 is 10.4. The van der Waals surface area contributed by atoms with Gasteiger partial charge in [0.1, 0.15) is 0 Å². The van der Waals surface area contributed by atoms with Crippen molar-refractivity contribution in [2.24, 2.45) is 0 Å². The molecule has 1 atom stereocenters. The molecule has 0 bridgehead atoms. The largest absolute Gasteiger partial charge is 0.281 e. The number of thiophene rings is 1. The van der Waals surface area contributed by atoms with E-state index in [1.54, 1.807) is 6.07 Å². The maximum Gasteiger partial charge on any atom is 0.281 e. The van der Waals surface area contributed by atoms with Gasteiger partial charge in [-0.05, 0) is 41.0 Å². The first-order valence-corrected chi connectivity index (χ1v) is 9.38. The topological polar surface area (TPSA) is 46.2 Å². The minimum atomic E-state index is -3.71. The third-order valence-electron chi connectivity index (χ3n) is 2.36. The van der Waals surface area contributed by atoms with Gasteiger partial charge in [0, 0.05) is 38.7 Å². The summed E-state index contributed by atoms with van der Waals surface area (Å²) in [5.74, 6) is 9.36. The number of sulfonamides is 1. The van der Waals surface area contributed by atoms with Gasteiger partial charge in [-0.15, -0.1) is 11.3 Å². The van der Waals surface area contributed by atoms with Crippen molar-refractivity contribution in [1.29, 1.82) is 0 Å². The molecular formula is C14H11BrClNO2S2. The standard InChI is InChI=1S/C14H11BrClNO2S2/c1-2-12(11-14-13(16)7-9-20-14)17-21(18,19)10-6-4-3-5-8-15/h7,9,12,17H,2,11H2,1H3. The molecule has 0 saturated heterocycles. The minimum absolute atomic E-state index is 0.254. The molecule has 1 aromatic heterocycles. The van der Waals surface area contributed by atoms with E-state index in [0.29, 0.717) is 17.9 Å². The Bertz CT molecular complexity index is 767. The van der Waals surface area contributed by atoms with Crippen molar-refractivity contribution < 1.29 is 8.42 Å². The second-order valence-electron chi connectivity index (χ2n) is 3.82. The van der Waals surface area contributed by atoms with Crippen LogP contribution in [0.4, 0.5) is 0 Å². The first-order valence-electron chi connectivity index (χ1n) is 5.85. The van der Waals surface area contributed by atoms with Gasteiger partial charge < -0.3 is 0 Å². The van der Waals surface area contributed by atoms with Gasteiger partial charge in [0.05, 0.1) is 10.3 Å². The molecule has 3 nitrogen and oxygen atoms in total. The van der Waals surface area contributed by atoms with Crippen LogP contribution >= 0.6 is 38.9 Å². The normalized spacial score (nSPS) is 11.2. The van der Waals surface area contributed by atoms with E-state index in [2.05, 4.69) is 54.4 Å². The van der Waals surface area contributed by atoms with Crippen molar-refractivity contribution in [3.8, 4) is 33.8 Å². The number of hydrogen-bond acceptors (Lipinski definition) is 3. The van der Waals surface area contributed by atoms with Crippen molar-refractivity contribution >= 4 is 48.9 Å². The SMILES string of the molecule is CCC(Cc1sccc1Cl)NS(=O)(=O)C#CC#CC#CBr. The highest BCUT2D eigenvalue weighted by atomic mass is 79.9. The summed E-state index contributed by atoms with van der Waals surface area (Å²) in [5, 5.41) is 4.63. The number of nitrogens with one attached hydrogen (secondary N) is 1. The predicted molar refractivity (Wildman–Crippen MR) is 91.4 cm³/mol. The summed E-state index contributed by atoms with van der Waals surface area (Å²) in [4.78, 5) is 3.33. The summed E-state index contributed by atoms with van der Waals surface area (Å²) in [7, 11) is -3.71. The van der Waals surface area contributed by atoms with Gasteiger partial charge >= 0.3 is 0 Å². The van der Waals surface area contributed by atoms with E-state index in [-0.39, 0.29) is 6.04 Å². The van der Waals surface area contributed by atoms with Crippen LogP contribution in [-0.2, 0) is 16.4 Å². The van der Waals surface area contributed by atoms with Crippen LogP contribution in [0.2, 0.25) is 5.02 Å². The smallest absolute Gasteiger partial charge is 0.201 e. The van der Waals surface area contributed by atoms with E-state index in [0.717, 1.165) is 4.88 Å². The first kappa shape index (κ1) is 18.1. The van der Waals surface area contributed by atoms with Crippen LogP contribution in [0.3, 0.4) is 0 Å². The molecule has 1 unspecified atom stereocenters. The van der Waals surface area contributed by atoms with Crippen LogP contribution in [0.5, 0.6) is 0 Å². The number of rotatable bonds is 5. The van der Waals surface area contributed by atoms with E-state index < -0.39 is 10.0 Å². The van der Waals surface area contributed by atoms with Gasteiger partial charge in [0.25, 0.3) is 10.0 Å². The van der Waals surface area contributed by atoms with Gasteiger partial charge in [-0.25, -0.2) is 4.72 Å². The zero-order valence-electron chi connectivity index (χ0n) is 11.0. The van der Waals surface area contributed by atoms with Crippen molar-refractivity contribution in [2.45, 2.75) is 25.8 Å². The second kappa shape index (κ2) is 9.15. The molecule has 1 N–H and O–H groups in total. The van der Waals surface area contributed by atoms with Gasteiger partial charge in [-0.2, -0.15) is 8.42 Å². The van der Waals surface area contributed by atoms with Gasteiger partial charge in [0.2, 0.25) is 0 Å².